The highest BCUT2D eigenvalue weighted by Crippen LogP contribution is 2.27. The first-order valence-corrected chi connectivity index (χ1v) is 7.56. The minimum absolute atomic E-state index is 0.0431. The molecule has 7 heteroatoms. The van der Waals surface area contributed by atoms with Crippen LogP contribution in [0.5, 0.6) is 0 Å². The fourth-order valence-electron chi connectivity index (χ4n) is 2.90. The Morgan fingerprint density at radius 3 is 2.59 bits per heavy atom. The number of hydrogen-bond donors (Lipinski definition) is 0. The van der Waals surface area contributed by atoms with Crippen molar-refractivity contribution in [2.45, 2.75) is 63.9 Å². The van der Waals surface area contributed by atoms with E-state index < -0.39 is 29.9 Å². The molecule has 2 heterocycles. The highest BCUT2D eigenvalue weighted by Gasteiger charge is 2.43. The molecule has 2 aliphatic rings. The highest BCUT2D eigenvalue weighted by atomic mass is 19.1. The lowest BCUT2D eigenvalue weighted by Gasteiger charge is -2.30. The number of nitrogens with zero attached hydrogens (tertiary/aromatic N) is 3. The van der Waals surface area contributed by atoms with Crippen LogP contribution >= 0.6 is 0 Å². The van der Waals surface area contributed by atoms with E-state index in [-0.39, 0.29) is 18.9 Å². The van der Waals surface area contributed by atoms with Gasteiger partial charge in [0.05, 0.1) is 12.6 Å². The van der Waals surface area contributed by atoms with Crippen molar-refractivity contribution in [1.82, 2.24) is 9.80 Å². The Hall–Kier alpha value is -1.84. The number of nitriles is 1. The molecular weight excluding hydrogens is 289 g/mol. The molecule has 0 aromatic heterocycles. The van der Waals surface area contributed by atoms with Crippen LogP contribution in [0.15, 0.2) is 0 Å². The van der Waals surface area contributed by atoms with Crippen LogP contribution in [-0.2, 0) is 9.53 Å². The Morgan fingerprint density at radius 2 is 2.00 bits per heavy atom. The fraction of sp³-hybridized carbons (Fsp3) is 0.800. The molecule has 0 spiro atoms. The molecule has 3 atom stereocenters. The third-order valence-electron chi connectivity index (χ3n) is 3.85. The summed E-state index contributed by atoms with van der Waals surface area (Å²) in [5.74, 6) is -0.352. The smallest absolute Gasteiger partial charge is 0.410 e. The van der Waals surface area contributed by atoms with Gasteiger partial charge in [-0.3, -0.25) is 9.69 Å². The lowest BCUT2D eigenvalue weighted by atomic mass is 10.1. The number of halogens is 1. The number of rotatable bonds is 1. The van der Waals surface area contributed by atoms with Crippen molar-refractivity contribution < 1.29 is 18.7 Å². The van der Waals surface area contributed by atoms with Gasteiger partial charge in [-0.1, -0.05) is 0 Å². The number of carbonyl (C=O) groups is 2. The summed E-state index contributed by atoms with van der Waals surface area (Å²) in [4.78, 5) is 27.5. The molecule has 0 unspecified atom stereocenters. The number of carbonyl (C=O) groups excluding carboxylic acids is 2. The van der Waals surface area contributed by atoms with Crippen LogP contribution in [0.25, 0.3) is 0 Å². The summed E-state index contributed by atoms with van der Waals surface area (Å²) < 4.78 is 18.8. The summed E-state index contributed by atoms with van der Waals surface area (Å²) in [6, 6.07) is 0.558. The maximum absolute atomic E-state index is 13.5. The van der Waals surface area contributed by atoms with Gasteiger partial charge in [-0.05, 0) is 33.6 Å². The van der Waals surface area contributed by atoms with Gasteiger partial charge in [0.2, 0.25) is 5.91 Å². The summed E-state index contributed by atoms with van der Waals surface area (Å²) in [7, 11) is 0. The van der Waals surface area contributed by atoms with E-state index in [0.717, 1.165) is 0 Å². The van der Waals surface area contributed by atoms with Crippen molar-refractivity contribution in [3.05, 3.63) is 0 Å². The van der Waals surface area contributed by atoms with Gasteiger partial charge >= 0.3 is 6.09 Å². The first-order chi connectivity index (χ1) is 10.2. The molecule has 0 aliphatic carbocycles. The zero-order valence-electron chi connectivity index (χ0n) is 13.2. The van der Waals surface area contributed by atoms with E-state index in [1.807, 2.05) is 6.07 Å². The third-order valence-corrected chi connectivity index (χ3v) is 3.85. The van der Waals surface area contributed by atoms with Crippen LogP contribution in [0.2, 0.25) is 0 Å². The quantitative estimate of drug-likeness (QED) is 0.741. The van der Waals surface area contributed by atoms with E-state index in [1.54, 1.807) is 20.8 Å². The summed E-state index contributed by atoms with van der Waals surface area (Å²) in [6.45, 7) is 5.65. The number of ether oxygens (including phenoxy) is 1. The highest BCUT2D eigenvalue weighted by molar-refractivity contribution is 5.87. The van der Waals surface area contributed by atoms with E-state index in [1.165, 1.54) is 9.80 Å². The predicted molar refractivity (Wildman–Crippen MR) is 76.6 cm³/mol. The van der Waals surface area contributed by atoms with Crippen molar-refractivity contribution in [2.24, 2.45) is 0 Å². The molecule has 22 heavy (non-hydrogen) atoms. The zero-order valence-corrected chi connectivity index (χ0v) is 13.2. The molecule has 122 valence electrons. The van der Waals surface area contributed by atoms with E-state index in [9.17, 15) is 14.0 Å². The average molecular weight is 311 g/mol. The summed E-state index contributed by atoms with van der Waals surface area (Å²) >= 11 is 0. The maximum Gasteiger partial charge on any atom is 0.410 e. The molecule has 6 nitrogen and oxygen atoms in total. The van der Waals surface area contributed by atoms with Gasteiger partial charge < -0.3 is 9.64 Å². The van der Waals surface area contributed by atoms with E-state index in [4.69, 9.17) is 10.00 Å². The van der Waals surface area contributed by atoms with Gasteiger partial charge in [0.25, 0.3) is 0 Å². The Balaban J connectivity index is 2.08. The molecule has 2 saturated heterocycles. The molecule has 0 saturated carbocycles. The van der Waals surface area contributed by atoms with E-state index >= 15 is 0 Å². The summed E-state index contributed by atoms with van der Waals surface area (Å²) in [5.41, 5.74) is -0.639. The maximum atomic E-state index is 13.5. The SMILES string of the molecule is CC(C)(C)OC(=O)N1CCC[C@H]1C(=O)N1C[C@@H](F)C[C@H]1C#N. The lowest BCUT2D eigenvalue weighted by Crippen LogP contribution is -2.50. The van der Waals surface area contributed by atoms with Crippen molar-refractivity contribution in [3.63, 3.8) is 0 Å². The van der Waals surface area contributed by atoms with Crippen molar-refractivity contribution in [2.75, 3.05) is 13.1 Å². The number of likely N-dealkylation sites (tertiary alicyclic amines) is 2. The van der Waals surface area contributed by atoms with E-state index in [2.05, 4.69) is 0 Å². The van der Waals surface area contributed by atoms with Crippen molar-refractivity contribution in [1.29, 1.82) is 5.26 Å². The van der Waals surface area contributed by atoms with Crippen LogP contribution < -0.4 is 0 Å². The largest absolute Gasteiger partial charge is 0.444 e. The minimum Gasteiger partial charge on any atom is -0.444 e. The van der Waals surface area contributed by atoms with Gasteiger partial charge in [0, 0.05) is 13.0 Å². The molecular formula is C15H22FN3O3. The van der Waals surface area contributed by atoms with Crippen LogP contribution in [0.4, 0.5) is 9.18 Å². The van der Waals surface area contributed by atoms with Gasteiger partial charge in [-0.2, -0.15) is 5.26 Å². The van der Waals surface area contributed by atoms with Crippen LogP contribution in [0.3, 0.4) is 0 Å². The first-order valence-electron chi connectivity index (χ1n) is 7.56. The Labute approximate surface area is 129 Å². The molecule has 0 radical (unpaired) electrons. The fourth-order valence-corrected chi connectivity index (χ4v) is 2.90. The normalized spacial score (nSPS) is 28.6. The number of amides is 2. The number of alkyl halides is 1. The Bertz CT molecular complexity index is 497. The Kier molecular flexibility index (Phi) is 4.59. The van der Waals surface area contributed by atoms with Gasteiger partial charge in [-0.25, -0.2) is 9.18 Å². The second-order valence-electron chi connectivity index (χ2n) is 6.80. The predicted octanol–water partition coefficient (Wildman–Crippen LogP) is 1.85. The molecule has 2 fully saturated rings. The molecule has 2 amide bonds. The van der Waals surface area contributed by atoms with Crippen LogP contribution in [0, 0.1) is 11.3 Å². The minimum atomic E-state index is -1.18. The average Bonchev–Trinajstić information content (AvgIpc) is 3.01. The second kappa shape index (κ2) is 6.11. The topological polar surface area (TPSA) is 73.6 Å². The van der Waals surface area contributed by atoms with Crippen LogP contribution in [0.1, 0.15) is 40.0 Å². The monoisotopic (exact) mass is 311 g/mol. The zero-order chi connectivity index (χ0) is 16.5. The number of hydrogen-bond acceptors (Lipinski definition) is 4. The first kappa shape index (κ1) is 16.5. The molecule has 0 aromatic rings. The molecule has 0 N–H and O–H groups in total. The van der Waals surface area contributed by atoms with Gasteiger partial charge in [0.15, 0.2) is 0 Å². The van der Waals surface area contributed by atoms with Crippen molar-refractivity contribution in [3.8, 4) is 6.07 Å². The third kappa shape index (κ3) is 3.49. The van der Waals surface area contributed by atoms with Crippen molar-refractivity contribution >= 4 is 12.0 Å². The summed E-state index contributed by atoms with van der Waals surface area (Å²) in [5, 5.41) is 9.06. The second-order valence-corrected chi connectivity index (χ2v) is 6.80. The van der Waals surface area contributed by atoms with E-state index in [0.29, 0.717) is 19.4 Å². The molecule has 0 aromatic carbocycles. The molecule has 2 rings (SSSR count). The van der Waals surface area contributed by atoms with Gasteiger partial charge in [-0.15, -0.1) is 0 Å². The molecule has 0 bridgehead atoms. The Morgan fingerprint density at radius 1 is 1.32 bits per heavy atom. The summed E-state index contributed by atoms with van der Waals surface area (Å²) in [6.07, 6.45) is -0.456. The lowest BCUT2D eigenvalue weighted by molar-refractivity contribution is -0.136. The molecule has 2 aliphatic heterocycles. The van der Waals surface area contributed by atoms with Gasteiger partial charge in [0.1, 0.15) is 23.9 Å². The standard InChI is InChI=1S/C15H22FN3O3/c1-15(2,3)22-14(21)18-6-4-5-12(18)13(20)19-9-10(16)7-11(19)8-17/h10-12H,4-7,9H2,1-3H3/t10-,11-,12-/m0/s1. The van der Waals surface area contributed by atoms with Crippen LogP contribution in [-0.4, -0.2) is 58.7 Å².